The molecule has 0 spiro atoms. The molecular formula is C26H26ClN3O2. The molecule has 0 aliphatic heterocycles. The van der Waals surface area contributed by atoms with Crippen molar-refractivity contribution in [2.24, 2.45) is 0 Å². The molecule has 164 valence electrons. The van der Waals surface area contributed by atoms with Gasteiger partial charge >= 0.3 is 0 Å². The highest BCUT2D eigenvalue weighted by Crippen LogP contribution is 2.26. The van der Waals surface area contributed by atoms with Gasteiger partial charge in [0.15, 0.2) is 0 Å². The van der Waals surface area contributed by atoms with Crippen molar-refractivity contribution in [1.82, 2.24) is 14.9 Å². The van der Waals surface area contributed by atoms with Gasteiger partial charge in [0.1, 0.15) is 18.2 Å². The molecule has 4 aromatic rings. The Hall–Kier alpha value is -3.31. The summed E-state index contributed by atoms with van der Waals surface area (Å²) in [4.78, 5) is 17.1. The minimum Gasteiger partial charge on any atom is -0.492 e. The summed E-state index contributed by atoms with van der Waals surface area (Å²) in [6, 6.07) is 21.2. The standard InChI is InChI=1S/C26H26ClN3O2/c1-18-16-21(17-19(2)25(18)27)32-15-14-30-23-11-7-6-10-22(23)29-24(30)12-13-28-26(31)20-8-4-3-5-9-20/h3-11,16-17H,12-15H2,1-2H3,(H,28,31). The Kier molecular flexibility index (Phi) is 6.76. The van der Waals surface area contributed by atoms with Gasteiger partial charge in [-0.15, -0.1) is 0 Å². The lowest BCUT2D eigenvalue weighted by molar-refractivity contribution is 0.0954. The Morgan fingerprint density at radius 3 is 2.47 bits per heavy atom. The van der Waals surface area contributed by atoms with Crippen LogP contribution in [-0.4, -0.2) is 28.6 Å². The maximum Gasteiger partial charge on any atom is 0.251 e. The molecule has 0 atom stereocenters. The van der Waals surface area contributed by atoms with Gasteiger partial charge < -0.3 is 14.6 Å². The average Bonchev–Trinajstić information content (AvgIpc) is 3.15. The van der Waals surface area contributed by atoms with Crippen LogP contribution in [0.3, 0.4) is 0 Å². The second-order valence-electron chi connectivity index (χ2n) is 7.76. The molecule has 6 heteroatoms. The number of para-hydroxylation sites is 2. The first-order valence-corrected chi connectivity index (χ1v) is 11.1. The van der Waals surface area contributed by atoms with Crippen LogP contribution in [0.4, 0.5) is 0 Å². The van der Waals surface area contributed by atoms with E-state index in [0.29, 0.717) is 31.7 Å². The monoisotopic (exact) mass is 447 g/mol. The maximum absolute atomic E-state index is 12.3. The smallest absolute Gasteiger partial charge is 0.251 e. The number of amides is 1. The lowest BCUT2D eigenvalue weighted by Gasteiger charge is -2.13. The Labute approximate surface area is 193 Å². The first-order chi connectivity index (χ1) is 15.5. The first-order valence-electron chi connectivity index (χ1n) is 10.7. The number of nitrogens with zero attached hydrogens (tertiary/aromatic N) is 2. The van der Waals surface area contributed by atoms with Crippen molar-refractivity contribution >= 4 is 28.5 Å². The Morgan fingerprint density at radius 1 is 1.03 bits per heavy atom. The SMILES string of the molecule is Cc1cc(OCCn2c(CCNC(=O)c3ccccc3)nc3ccccc32)cc(C)c1Cl. The van der Waals surface area contributed by atoms with Crippen molar-refractivity contribution in [3.05, 3.63) is 94.3 Å². The van der Waals surface area contributed by atoms with E-state index in [9.17, 15) is 4.79 Å². The van der Waals surface area contributed by atoms with Gasteiger partial charge in [0.05, 0.1) is 17.6 Å². The average molecular weight is 448 g/mol. The molecule has 1 heterocycles. The number of hydrogen-bond donors (Lipinski definition) is 1. The summed E-state index contributed by atoms with van der Waals surface area (Å²) in [6.07, 6.45) is 0.631. The number of ether oxygens (including phenoxy) is 1. The summed E-state index contributed by atoms with van der Waals surface area (Å²) >= 11 is 6.26. The molecule has 0 bridgehead atoms. The van der Waals surface area contributed by atoms with Crippen molar-refractivity contribution in [3.63, 3.8) is 0 Å². The molecule has 1 amide bonds. The van der Waals surface area contributed by atoms with Gasteiger partial charge in [-0.05, 0) is 61.4 Å². The van der Waals surface area contributed by atoms with Crippen LogP contribution in [0.15, 0.2) is 66.7 Å². The fraction of sp³-hybridized carbons (Fsp3) is 0.231. The number of carbonyl (C=O) groups is 1. The van der Waals surface area contributed by atoms with E-state index in [2.05, 4.69) is 16.0 Å². The van der Waals surface area contributed by atoms with Gasteiger partial charge in [-0.2, -0.15) is 0 Å². The molecule has 1 N–H and O–H groups in total. The number of imidazole rings is 1. The minimum absolute atomic E-state index is 0.0786. The molecule has 0 saturated heterocycles. The second-order valence-corrected chi connectivity index (χ2v) is 8.14. The summed E-state index contributed by atoms with van der Waals surface area (Å²) in [5, 5.41) is 3.76. The topological polar surface area (TPSA) is 56.1 Å². The molecule has 0 saturated carbocycles. The number of rotatable bonds is 8. The summed E-state index contributed by atoms with van der Waals surface area (Å²) in [7, 11) is 0. The molecule has 0 aliphatic rings. The third-order valence-electron chi connectivity index (χ3n) is 5.40. The second kappa shape index (κ2) is 9.88. The highest BCUT2D eigenvalue weighted by Gasteiger charge is 2.12. The van der Waals surface area contributed by atoms with Crippen LogP contribution in [0.25, 0.3) is 11.0 Å². The van der Waals surface area contributed by atoms with E-state index in [0.717, 1.165) is 38.8 Å². The van der Waals surface area contributed by atoms with E-state index in [-0.39, 0.29) is 5.91 Å². The number of benzene rings is 3. The molecule has 32 heavy (non-hydrogen) atoms. The number of aromatic nitrogens is 2. The quantitative estimate of drug-likeness (QED) is 0.395. The normalized spacial score (nSPS) is 11.0. The molecule has 3 aromatic carbocycles. The molecule has 4 rings (SSSR count). The van der Waals surface area contributed by atoms with Crippen LogP contribution in [0.1, 0.15) is 27.3 Å². The zero-order valence-electron chi connectivity index (χ0n) is 18.3. The largest absolute Gasteiger partial charge is 0.492 e. The zero-order chi connectivity index (χ0) is 22.5. The van der Waals surface area contributed by atoms with Crippen LogP contribution < -0.4 is 10.1 Å². The van der Waals surface area contributed by atoms with E-state index >= 15 is 0 Å². The zero-order valence-corrected chi connectivity index (χ0v) is 19.0. The predicted octanol–water partition coefficient (Wildman–Crippen LogP) is 5.36. The molecule has 0 unspecified atom stereocenters. The third kappa shape index (κ3) is 4.94. The van der Waals surface area contributed by atoms with Gasteiger partial charge in [-0.25, -0.2) is 4.98 Å². The van der Waals surface area contributed by atoms with Gasteiger partial charge in [-0.1, -0.05) is 41.9 Å². The van der Waals surface area contributed by atoms with Crippen LogP contribution in [0, 0.1) is 13.8 Å². The Bertz CT molecular complexity index is 1210. The van der Waals surface area contributed by atoms with Crippen LogP contribution in [0.5, 0.6) is 5.75 Å². The number of aryl methyl sites for hydroxylation is 2. The van der Waals surface area contributed by atoms with Crippen LogP contribution in [0.2, 0.25) is 5.02 Å². The number of carbonyl (C=O) groups excluding carboxylic acids is 1. The molecular weight excluding hydrogens is 422 g/mol. The molecule has 0 radical (unpaired) electrons. The van der Waals surface area contributed by atoms with Crippen molar-refractivity contribution in [3.8, 4) is 5.75 Å². The summed E-state index contributed by atoms with van der Waals surface area (Å²) in [5.41, 5.74) is 4.66. The first kappa shape index (κ1) is 21.9. The highest BCUT2D eigenvalue weighted by molar-refractivity contribution is 6.32. The van der Waals surface area contributed by atoms with Crippen molar-refractivity contribution in [2.45, 2.75) is 26.8 Å². The number of hydrogen-bond acceptors (Lipinski definition) is 3. The Morgan fingerprint density at radius 2 is 1.72 bits per heavy atom. The minimum atomic E-state index is -0.0786. The fourth-order valence-electron chi connectivity index (χ4n) is 3.79. The summed E-state index contributed by atoms with van der Waals surface area (Å²) in [6.45, 7) is 5.63. The van der Waals surface area contributed by atoms with E-state index < -0.39 is 0 Å². The van der Waals surface area contributed by atoms with Gasteiger partial charge in [0.2, 0.25) is 0 Å². The third-order valence-corrected chi connectivity index (χ3v) is 5.99. The van der Waals surface area contributed by atoms with E-state index in [1.807, 2.05) is 74.5 Å². The Balaban J connectivity index is 1.44. The number of fused-ring (bicyclic) bond motifs is 1. The van der Waals surface area contributed by atoms with Crippen molar-refractivity contribution in [1.29, 1.82) is 0 Å². The predicted molar refractivity (Wildman–Crippen MR) is 129 cm³/mol. The number of halogens is 1. The summed E-state index contributed by atoms with van der Waals surface area (Å²) < 4.78 is 8.19. The van der Waals surface area contributed by atoms with E-state index in [1.54, 1.807) is 0 Å². The van der Waals surface area contributed by atoms with Crippen LogP contribution >= 0.6 is 11.6 Å². The lowest BCUT2D eigenvalue weighted by Crippen LogP contribution is -2.26. The van der Waals surface area contributed by atoms with Gasteiger partial charge in [0, 0.05) is 23.6 Å². The van der Waals surface area contributed by atoms with Gasteiger partial charge in [0.25, 0.3) is 5.91 Å². The molecule has 0 aliphatic carbocycles. The van der Waals surface area contributed by atoms with E-state index in [1.165, 1.54) is 0 Å². The maximum atomic E-state index is 12.3. The summed E-state index contributed by atoms with van der Waals surface area (Å²) in [5.74, 6) is 1.65. The highest BCUT2D eigenvalue weighted by atomic mass is 35.5. The lowest BCUT2D eigenvalue weighted by atomic mass is 10.1. The fourth-order valence-corrected chi connectivity index (χ4v) is 3.90. The molecule has 0 fully saturated rings. The number of nitrogens with one attached hydrogen (secondary N) is 1. The van der Waals surface area contributed by atoms with Crippen molar-refractivity contribution in [2.75, 3.05) is 13.2 Å². The molecule has 1 aromatic heterocycles. The van der Waals surface area contributed by atoms with E-state index in [4.69, 9.17) is 21.3 Å². The van der Waals surface area contributed by atoms with Crippen molar-refractivity contribution < 1.29 is 9.53 Å². The van der Waals surface area contributed by atoms with Gasteiger partial charge in [-0.3, -0.25) is 4.79 Å². The molecule has 5 nitrogen and oxygen atoms in total. The van der Waals surface area contributed by atoms with Crippen LogP contribution in [-0.2, 0) is 13.0 Å².